The summed E-state index contributed by atoms with van der Waals surface area (Å²) in [7, 11) is 0. The lowest BCUT2D eigenvalue weighted by molar-refractivity contribution is -0.131. The van der Waals surface area contributed by atoms with Gasteiger partial charge in [0, 0.05) is 26.2 Å². The minimum Gasteiger partial charge on any atom is -0.336 e. The Kier molecular flexibility index (Phi) is 5.60. The van der Waals surface area contributed by atoms with E-state index in [2.05, 4.69) is 41.7 Å². The predicted octanol–water partition coefficient (Wildman–Crippen LogP) is 3.16. The van der Waals surface area contributed by atoms with Crippen molar-refractivity contribution < 1.29 is 9.59 Å². The van der Waals surface area contributed by atoms with Gasteiger partial charge in [0.25, 0.3) is 0 Å². The fraction of sp³-hybridized carbons (Fsp3) is 0.391. The van der Waals surface area contributed by atoms with Gasteiger partial charge in [0.2, 0.25) is 5.91 Å². The highest BCUT2D eigenvalue weighted by Crippen LogP contribution is 2.27. The molecule has 3 amide bonds. The van der Waals surface area contributed by atoms with Gasteiger partial charge in [-0.25, -0.2) is 4.79 Å². The van der Waals surface area contributed by atoms with Gasteiger partial charge in [-0.2, -0.15) is 0 Å². The molecule has 2 aromatic rings. The second-order valence-electron chi connectivity index (χ2n) is 7.66. The number of likely N-dealkylation sites (tertiary alicyclic amines) is 1. The van der Waals surface area contributed by atoms with Crippen molar-refractivity contribution in [1.82, 2.24) is 15.1 Å². The van der Waals surface area contributed by atoms with Crippen molar-refractivity contribution in [1.29, 1.82) is 0 Å². The Morgan fingerprint density at radius 2 is 1.54 bits per heavy atom. The van der Waals surface area contributed by atoms with Crippen molar-refractivity contribution in [2.75, 3.05) is 26.2 Å². The first-order chi connectivity index (χ1) is 13.7. The van der Waals surface area contributed by atoms with E-state index >= 15 is 0 Å². The molecule has 0 unspecified atom stereocenters. The number of carbonyl (C=O) groups is 2. The topological polar surface area (TPSA) is 52.7 Å². The highest BCUT2D eigenvalue weighted by atomic mass is 16.2. The maximum Gasteiger partial charge on any atom is 0.317 e. The van der Waals surface area contributed by atoms with Crippen LogP contribution in [0.5, 0.6) is 0 Å². The highest BCUT2D eigenvalue weighted by Gasteiger charge is 2.25. The zero-order chi connectivity index (χ0) is 19.3. The Morgan fingerprint density at radius 1 is 0.857 bits per heavy atom. The number of benzene rings is 2. The van der Waals surface area contributed by atoms with Crippen molar-refractivity contribution in [3.63, 3.8) is 0 Å². The molecule has 0 atom stereocenters. The summed E-state index contributed by atoms with van der Waals surface area (Å²) in [4.78, 5) is 28.7. The van der Waals surface area contributed by atoms with Crippen LogP contribution in [0.15, 0.2) is 54.6 Å². The largest absolute Gasteiger partial charge is 0.336 e. The van der Waals surface area contributed by atoms with E-state index in [-0.39, 0.29) is 18.5 Å². The molecular weight excluding hydrogens is 350 g/mol. The number of hydrogen-bond donors (Lipinski definition) is 1. The first kappa shape index (κ1) is 18.5. The maximum atomic E-state index is 12.5. The van der Waals surface area contributed by atoms with Gasteiger partial charge in [-0.05, 0) is 41.9 Å². The number of amides is 3. The molecule has 2 aliphatic heterocycles. The van der Waals surface area contributed by atoms with Crippen LogP contribution < -0.4 is 5.32 Å². The molecule has 28 heavy (non-hydrogen) atoms. The van der Waals surface area contributed by atoms with Crippen LogP contribution in [0.2, 0.25) is 0 Å². The number of hydrogen-bond acceptors (Lipinski definition) is 2. The fourth-order valence-electron chi connectivity index (χ4n) is 4.22. The summed E-state index contributed by atoms with van der Waals surface area (Å²) in [5, 5.41) is 2.82. The van der Waals surface area contributed by atoms with Gasteiger partial charge in [0.15, 0.2) is 0 Å². The third-order valence-corrected chi connectivity index (χ3v) is 5.93. The van der Waals surface area contributed by atoms with E-state index in [0.717, 1.165) is 32.4 Å². The number of piperidine rings is 1. The van der Waals surface area contributed by atoms with E-state index in [4.69, 9.17) is 0 Å². The molecule has 4 rings (SSSR count). The standard InChI is InChI=1S/C23H27N3O2/c27-22(26-15-12-19-8-4-5-9-21(19)17-26)16-24-23(28)25-13-10-20(11-14-25)18-6-2-1-3-7-18/h1-9,20H,10-17H2,(H,24,28). The molecule has 1 saturated heterocycles. The van der Waals surface area contributed by atoms with Crippen molar-refractivity contribution >= 4 is 11.9 Å². The molecule has 2 aromatic carbocycles. The molecule has 1 N–H and O–H groups in total. The molecule has 0 spiro atoms. The molecule has 0 aromatic heterocycles. The van der Waals surface area contributed by atoms with Crippen LogP contribution in [0.4, 0.5) is 4.79 Å². The lowest BCUT2D eigenvalue weighted by Crippen LogP contribution is -2.48. The van der Waals surface area contributed by atoms with Crippen LogP contribution in [0.1, 0.15) is 35.4 Å². The molecule has 0 bridgehead atoms. The van der Waals surface area contributed by atoms with E-state index in [0.29, 0.717) is 19.0 Å². The summed E-state index contributed by atoms with van der Waals surface area (Å²) in [6.07, 6.45) is 2.81. The second kappa shape index (κ2) is 8.46. The number of rotatable bonds is 3. The zero-order valence-corrected chi connectivity index (χ0v) is 16.1. The molecular formula is C23H27N3O2. The highest BCUT2D eigenvalue weighted by molar-refractivity contribution is 5.84. The van der Waals surface area contributed by atoms with Crippen molar-refractivity contribution in [3.05, 3.63) is 71.3 Å². The Morgan fingerprint density at radius 3 is 2.29 bits per heavy atom. The summed E-state index contributed by atoms with van der Waals surface area (Å²) < 4.78 is 0. The molecule has 0 radical (unpaired) electrons. The molecule has 2 aliphatic rings. The molecule has 2 heterocycles. The average Bonchev–Trinajstić information content (AvgIpc) is 2.77. The first-order valence-corrected chi connectivity index (χ1v) is 10.1. The molecule has 0 saturated carbocycles. The van der Waals surface area contributed by atoms with Crippen LogP contribution in [-0.2, 0) is 17.8 Å². The van der Waals surface area contributed by atoms with Gasteiger partial charge in [0.05, 0.1) is 6.54 Å². The molecule has 146 valence electrons. The summed E-state index contributed by atoms with van der Waals surface area (Å²) in [6, 6.07) is 18.6. The Hall–Kier alpha value is -2.82. The van der Waals surface area contributed by atoms with Gasteiger partial charge in [-0.1, -0.05) is 54.6 Å². The van der Waals surface area contributed by atoms with E-state index < -0.39 is 0 Å². The number of carbonyl (C=O) groups excluding carboxylic acids is 2. The number of urea groups is 1. The maximum absolute atomic E-state index is 12.5. The number of nitrogens with one attached hydrogen (secondary N) is 1. The minimum absolute atomic E-state index is 0.0120. The van der Waals surface area contributed by atoms with Crippen LogP contribution >= 0.6 is 0 Å². The Balaban J connectivity index is 1.23. The van der Waals surface area contributed by atoms with E-state index in [9.17, 15) is 9.59 Å². The van der Waals surface area contributed by atoms with Gasteiger partial charge in [0.1, 0.15) is 0 Å². The van der Waals surface area contributed by atoms with Gasteiger partial charge in [-0.15, -0.1) is 0 Å². The van der Waals surface area contributed by atoms with E-state index in [1.54, 1.807) is 0 Å². The summed E-state index contributed by atoms with van der Waals surface area (Å²) in [6.45, 7) is 2.88. The smallest absolute Gasteiger partial charge is 0.317 e. The molecule has 5 heteroatoms. The third-order valence-electron chi connectivity index (χ3n) is 5.93. The first-order valence-electron chi connectivity index (χ1n) is 10.1. The summed E-state index contributed by atoms with van der Waals surface area (Å²) in [5.41, 5.74) is 3.87. The lowest BCUT2D eigenvalue weighted by Gasteiger charge is -2.33. The number of nitrogens with zero attached hydrogens (tertiary/aromatic N) is 2. The summed E-state index contributed by atoms with van der Waals surface area (Å²) in [5.74, 6) is 0.502. The van der Waals surface area contributed by atoms with Gasteiger partial charge in [-0.3, -0.25) is 4.79 Å². The van der Waals surface area contributed by atoms with E-state index in [1.807, 2.05) is 28.0 Å². The zero-order valence-electron chi connectivity index (χ0n) is 16.1. The minimum atomic E-state index is -0.128. The lowest BCUT2D eigenvalue weighted by atomic mass is 9.90. The quantitative estimate of drug-likeness (QED) is 0.893. The van der Waals surface area contributed by atoms with Crippen molar-refractivity contribution in [2.24, 2.45) is 0 Å². The van der Waals surface area contributed by atoms with E-state index in [1.165, 1.54) is 16.7 Å². The molecule has 0 aliphatic carbocycles. The average molecular weight is 377 g/mol. The van der Waals surface area contributed by atoms with Crippen LogP contribution in [0.3, 0.4) is 0 Å². The van der Waals surface area contributed by atoms with Crippen molar-refractivity contribution in [3.8, 4) is 0 Å². The van der Waals surface area contributed by atoms with Gasteiger partial charge >= 0.3 is 6.03 Å². The van der Waals surface area contributed by atoms with Crippen molar-refractivity contribution in [2.45, 2.75) is 31.7 Å². The Labute approximate surface area is 166 Å². The predicted molar refractivity (Wildman–Crippen MR) is 109 cm³/mol. The molecule has 1 fully saturated rings. The van der Waals surface area contributed by atoms with Crippen LogP contribution in [-0.4, -0.2) is 47.9 Å². The van der Waals surface area contributed by atoms with Gasteiger partial charge < -0.3 is 15.1 Å². The van der Waals surface area contributed by atoms with Crippen LogP contribution in [0.25, 0.3) is 0 Å². The monoisotopic (exact) mass is 377 g/mol. The fourth-order valence-corrected chi connectivity index (χ4v) is 4.22. The molecule has 5 nitrogen and oxygen atoms in total. The normalized spacial score (nSPS) is 17.1. The second-order valence-corrected chi connectivity index (χ2v) is 7.66. The van der Waals surface area contributed by atoms with Crippen LogP contribution in [0, 0.1) is 0 Å². The summed E-state index contributed by atoms with van der Waals surface area (Å²) >= 11 is 0. The third kappa shape index (κ3) is 4.19. The Bertz CT molecular complexity index is 829. The number of fused-ring (bicyclic) bond motifs is 1. The SMILES string of the molecule is O=C(CNC(=O)N1CCC(c2ccccc2)CC1)N1CCc2ccccc2C1.